The molecule has 0 saturated carbocycles. The van der Waals surface area contributed by atoms with E-state index in [1.807, 2.05) is 38.1 Å². The van der Waals surface area contributed by atoms with Gasteiger partial charge in [0.25, 0.3) is 0 Å². The topological polar surface area (TPSA) is 51.5 Å². The Hall–Kier alpha value is -1.33. The Morgan fingerprint density at radius 1 is 1.40 bits per heavy atom. The van der Waals surface area contributed by atoms with Crippen LogP contribution in [0.1, 0.15) is 25.6 Å². The molecule has 0 aliphatic rings. The number of hydrogen-bond acceptors (Lipinski definition) is 4. The van der Waals surface area contributed by atoms with Crippen LogP contribution in [0.15, 0.2) is 28.7 Å². The first kappa shape index (κ1) is 15.1. The minimum Gasteiger partial charge on any atom is -0.493 e. The lowest BCUT2D eigenvalue weighted by Crippen LogP contribution is -2.29. The molecule has 0 saturated heterocycles. The third-order valence-corrected chi connectivity index (χ3v) is 4.75. The maximum Gasteiger partial charge on any atom is 0.176 e. The van der Waals surface area contributed by atoms with Gasteiger partial charge in [0.1, 0.15) is 5.76 Å². The van der Waals surface area contributed by atoms with Crippen molar-refractivity contribution in [3.63, 3.8) is 0 Å². The lowest BCUT2D eigenvalue weighted by molar-refractivity contribution is 0.400. The third kappa shape index (κ3) is 3.22. The Labute approximate surface area is 121 Å². The summed E-state index contributed by atoms with van der Waals surface area (Å²) in [5.41, 5.74) is 0.769. The first-order valence-electron chi connectivity index (χ1n) is 6.65. The van der Waals surface area contributed by atoms with Gasteiger partial charge in [-0.25, -0.2) is 0 Å². The van der Waals surface area contributed by atoms with Crippen LogP contribution < -0.4 is 10.1 Å². The zero-order valence-corrected chi connectivity index (χ0v) is 13.1. The summed E-state index contributed by atoms with van der Waals surface area (Å²) in [4.78, 5) is 0. The molecule has 2 rings (SSSR count). The molecule has 2 aromatic rings. The fourth-order valence-corrected chi connectivity index (χ4v) is 2.32. The standard InChI is InChI=1S/C15H21NO3S/c1-10(20(4)17)9-16-11(2)14-8-12-6-5-7-13(18-3)15(12)19-14/h5-8,10-11,16H,9H2,1-4H3/t10-,11-,20-/m0/s1. The van der Waals surface area contributed by atoms with Gasteiger partial charge in [-0.2, -0.15) is 0 Å². The van der Waals surface area contributed by atoms with Crippen molar-refractivity contribution in [1.82, 2.24) is 5.32 Å². The summed E-state index contributed by atoms with van der Waals surface area (Å²) in [6, 6.07) is 7.92. The lowest BCUT2D eigenvalue weighted by Gasteiger charge is -2.14. The van der Waals surface area contributed by atoms with E-state index < -0.39 is 10.8 Å². The highest BCUT2D eigenvalue weighted by atomic mass is 32.2. The van der Waals surface area contributed by atoms with E-state index in [-0.39, 0.29) is 11.3 Å². The molecule has 0 aliphatic carbocycles. The molecule has 1 aromatic carbocycles. The highest BCUT2D eigenvalue weighted by Crippen LogP contribution is 2.30. The lowest BCUT2D eigenvalue weighted by atomic mass is 10.2. The number of para-hydroxylation sites is 1. The van der Waals surface area contributed by atoms with E-state index in [0.29, 0.717) is 6.54 Å². The molecule has 20 heavy (non-hydrogen) atoms. The quantitative estimate of drug-likeness (QED) is 0.890. The first-order chi connectivity index (χ1) is 9.52. The minimum atomic E-state index is -0.816. The molecule has 0 aliphatic heterocycles. The van der Waals surface area contributed by atoms with E-state index in [9.17, 15) is 4.21 Å². The molecule has 0 fully saturated rings. The molecule has 5 heteroatoms. The first-order valence-corrected chi connectivity index (χ1v) is 8.27. The number of rotatable bonds is 6. The van der Waals surface area contributed by atoms with Crippen molar-refractivity contribution in [2.45, 2.75) is 25.1 Å². The summed E-state index contributed by atoms with van der Waals surface area (Å²) in [5.74, 6) is 1.60. The smallest absolute Gasteiger partial charge is 0.176 e. The van der Waals surface area contributed by atoms with E-state index in [1.54, 1.807) is 13.4 Å². The summed E-state index contributed by atoms with van der Waals surface area (Å²) in [7, 11) is 0.820. The summed E-state index contributed by atoms with van der Waals surface area (Å²) in [6.07, 6.45) is 1.73. The van der Waals surface area contributed by atoms with Crippen molar-refractivity contribution in [1.29, 1.82) is 0 Å². The molecule has 4 nitrogen and oxygen atoms in total. The van der Waals surface area contributed by atoms with Gasteiger partial charge in [0.15, 0.2) is 11.3 Å². The van der Waals surface area contributed by atoms with Crippen molar-refractivity contribution >= 4 is 21.8 Å². The maximum absolute atomic E-state index is 11.3. The van der Waals surface area contributed by atoms with Crippen molar-refractivity contribution in [3.05, 3.63) is 30.0 Å². The number of ether oxygens (including phenoxy) is 1. The van der Waals surface area contributed by atoms with Gasteiger partial charge >= 0.3 is 0 Å². The summed E-state index contributed by atoms with van der Waals surface area (Å²) in [5, 5.41) is 4.50. The monoisotopic (exact) mass is 295 g/mol. The van der Waals surface area contributed by atoms with Gasteiger partial charge in [-0.3, -0.25) is 4.21 Å². The maximum atomic E-state index is 11.3. The normalized spacial score (nSPS) is 16.0. The molecule has 0 bridgehead atoms. The molecule has 1 heterocycles. The predicted molar refractivity (Wildman–Crippen MR) is 82.7 cm³/mol. The number of methoxy groups -OCH3 is 1. The molecule has 3 atom stereocenters. The molecule has 0 spiro atoms. The summed E-state index contributed by atoms with van der Waals surface area (Å²) < 4.78 is 22.5. The molecule has 0 unspecified atom stereocenters. The van der Waals surface area contributed by atoms with Gasteiger partial charge in [0.05, 0.1) is 13.2 Å². The van der Waals surface area contributed by atoms with Gasteiger partial charge < -0.3 is 14.5 Å². The average molecular weight is 295 g/mol. The second kappa shape index (κ2) is 6.41. The number of benzene rings is 1. The molecule has 1 N–H and O–H groups in total. The second-order valence-corrected chi connectivity index (χ2v) is 6.77. The van der Waals surface area contributed by atoms with E-state index in [0.717, 1.165) is 22.5 Å². The Balaban J connectivity index is 2.14. The van der Waals surface area contributed by atoms with Gasteiger partial charge in [-0.15, -0.1) is 0 Å². The number of hydrogen-bond donors (Lipinski definition) is 1. The third-order valence-electron chi connectivity index (χ3n) is 3.45. The van der Waals surface area contributed by atoms with E-state index in [4.69, 9.17) is 9.15 Å². The highest BCUT2D eigenvalue weighted by molar-refractivity contribution is 7.84. The molecule has 110 valence electrons. The minimum absolute atomic E-state index is 0.0677. The van der Waals surface area contributed by atoms with Crippen LogP contribution >= 0.6 is 0 Å². The van der Waals surface area contributed by atoms with Crippen LogP contribution in [0, 0.1) is 0 Å². The Morgan fingerprint density at radius 3 is 2.80 bits per heavy atom. The van der Waals surface area contributed by atoms with Crippen LogP contribution in [-0.2, 0) is 10.8 Å². The number of fused-ring (bicyclic) bond motifs is 1. The fourth-order valence-electron chi connectivity index (χ4n) is 1.99. The summed E-state index contributed by atoms with van der Waals surface area (Å²) >= 11 is 0. The molecule has 0 radical (unpaired) electrons. The summed E-state index contributed by atoms with van der Waals surface area (Å²) in [6.45, 7) is 4.70. The van der Waals surface area contributed by atoms with Crippen molar-refractivity contribution < 1.29 is 13.4 Å². The van der Waals surface area contributed by atoms with E-state index in [2.05, 4.69) is 5.32 Å². The Kier molecular flexibility index (Phi) is 4.83. The van der Waals surface area contributed by atoms with Crippen LogP contribution in [0.4, 0.5) is 0 Å². The van der Waals surface area contributed by atoms with E-state index in [1.165, 1.54) is 0 Å². The number of nitrogens with one attached hydrogen (secondary N) is 1. The van der Waals surface area contributed by atoms with Crippen LogP contribution in [0.25, 0.3) is 11.0 Å². The SMILES string of the molecule is COc1cccc2cc([C@H](C)NC[C@H](C)[S@](C)=O)oc12. The molecule has 0 amide bonds. The molecular formula is C15H21NO3S. The van der Waals surface area contributed by atoms with Gasteiger partial charge in [0, 0.05) is 34.2 Å². The molecule has 1 aromatic heterocycles. The van der Waals surface area contributed by atoms with Crippen LogP contribution in [0.3, 0.4) is 0 Å². The Morgan fingerprint density at radius 2 is 2.15 bits per heavy atom. The number of furan rings is 1. The predicted octanol–water partition coefficient (Wildman–Crippen LogP) is 2.86. The van der Waals surface area contributed by atoms with Gasteiger partial charge in [-0.1, -0.05) is 12.1 Å². The van der Waals surface area contributed by atoms with Crippen LogP contribution in [0.5, 0.6) is 5.75 Å². The van der Waals surface area contributed by atoms with Crippen LogP contribution in [-0.4, -0.2) is 29.4 Å². The van der Waals surface area contributed by atoms with Crippen molar-refractivity contribution in [3.8, 4) is 5.75 Å². The van der Waals surface area contributed by atoms with Crippen molar-refractivity contribution in [2.75, 3.05) is 19.9 Å². The van der Waals surface area contributed by atoms with Crippen LogP contribution in [0.2, 0.25) is 0 Å². The average Bonchev–Trinajstić information content (AvgIpc) is 2.87. The van der Waals surface area contributed by atoms with E-state index >= 15 is 0 Å². The second-order valence-electron chi connectivity index (χ2n) is 4.97. The highest BCUT2D eigenvalue weighted by Gasteiger charge is 2.15. The Bertz CT molecular complexity index is 608. The zero-order valence-electron chi connectivity index (χ0n) is 12.3. The van der Waals surface area contributed by atoms with Gasteiger partial charge in [0.2, 0.25) is 0 Å². The zero-order chi connectivity index (χ0) is 14.7. The largest absolute Gasteiger partial charge is 0.493 e. The molecular weight excluding hydrogens is 274 g/mol. The van der Waals surface area contributed by atoms with Crippen molar-refractivity contribution in [2.24, 2.45) is 0 Å². The van der Waals surface area contributed by atoms with Gasteiger partial charge in [-0.05, 0) is 26.0 Å². The fraction of sp³-hybridized carbons (Fsp3) is 0.467.